The number of phenolic OH excluding ortho intramolecular Hbond substituents is 1. The van der Waals surface area contributed by atoms with E-state index >= 15 is 0 Å². The number of rotatable bonds is 3. The molecule has 138 valence electrons. The highest BCUT2D eigenvalue weighted by Gasteiger charge is 2.21. The molecule has 0 saturated heterocycles. The molecule has 3 aromatic heterocycles. The van der Waals surface area contributed by atoms with E-state index in [1.807, 2.05) is 43.3 Å². The molecule has 5 aromatic rings. The number of nitrogens with one attached hydrogen (secondary N) is 1. The number of hydrogen-bond donors (Lipinski definition) is 2. The predicted octanol–water partition coefficient (Wildman–Crippen LogP) is 5.14. The van der Waals surface area contributed by atoms with Crippen molar-refractivity contribution in [3.8, 4) is 17.2 Å². The first kappa shape index (κ1) is 16.4. The van der Waals surface area contributed by atoms with E-state index in [2.05, 4.69) is 4.98 Å². The molecule has 0 saturated carbocycles. The summed E-state index contributed by atoms with van der Waals surface area (Å²) >= 11 is 0. The van der Waals surface area contributed by atoms with Crippen LogP contribution in [-0.4, -0.2) is 10.1 Å². The summed E-state index contributed by atoms with van der Waals surface area (Å²) in [4.78, 5) is 16.6. The maximum absolute atomic E-state index is 13.3. The smallest absolute Gasteiger partial charge is 0.202 e. The number of phenols is 1. The van der Waals surface area contributed by atoms with Crippen LogP contribution in [0.25, 0.3) is 33.4 Å². The van der Waals surface area contributed by atoms with Gasteiger partial charge in [-0.1, -0.05) is 23.8 Å². The molecule has 0 radical (unpaired) electrons. The average Bonchev–Trinajstić information content (AvgIpc) is 3.33. The van der Waals surface area contributed by atoms with Crippen molar-refractivity contribution in [1.82, 2.24) is 4.98 Å². The average molecular weight is 371 g/mol. The van der Waals surface area contributed by atoms with Gasteiger partial charge in [-0.3, -0.25) is 4.79 Å². The molecular formula is C23H17NO4. The molecule has 0 bridgehead atoms. The quantitative estimate of drug-likeness (QED) is 0.460. The van der Waals surface area contributed by atoms with Gasteiger partial charge in [0.2, 0.25) is 5.43 Å². The van der Waals surface area contributed by atoms with Crippen molar-refractivity contribution in [2.24, 2.45) is 0 Å². The maximum atomic E-state index is 13.3. The second kappa shape index (κ2) is 6.16. The van der Waals surface area contributed by atoms with Crippen LogP contribution in [0.5, 0.6) is 5.75 Å². The highest BCUT2D eigenvalue weighted by molar-refractivity contribution is 5.99. The largest absolute Gasteiger partial charge is 0.508 e. The number of hydrogen-bond acceptors (Lipinski definition) is 4. The van der Waals surface area contributed by atoms with Crippen LogP contribution in [0.1, 0.15) is 16.8 Å². The van der Waals surface area contributed by atoms with E-state index in [1.54, 1.807) is 24.5 Å². The van der Waals surface area contributed by atoms with E-state index in [0.29, 0.717) is 39.8 Å². The van der Waals surface area contributed by atoms with Crippen LogP contribution in [-0.2, 0) is 6.42 Å². The summed E-state index contributed by atoms with van der Waals surface area (Å²) < 4.78 is 11.7. The molecule has 0 spiro atoms. The molecule has 0 aliphatic rings. The highest BCUT2D eigenvalue weighted by atomic mass is 16.3. The lowest BCUT2D eigenvalue weighted by molar-refractivity contribution is 0.475. The molecule has 0 aliphatic heterocycles. The molecule has 0 amide bonds. The van der Waals surface area contributed by atoms with Crippen LogP contribution in [0, 0.1) is 6.92 Å². The standard InChI is InChI=1S/C23H17NO4/c1-13-4-9-18-16(11-13)22(26)20-21(19-3-2-10-27-19)24-17(23(20)28-18)12-14-5-7-15(25)8-6-14/h2-11,24-25H,12H2,1H3. The van der Waals surface area contributed by atoms with E-state index in [9.17, 15) is 9.90 Å². The van der Waals surface area contributed by atoms with Gasteiger partial charge in [-0.2, -0.15) is 0 Å². The zero-order chi connectivity index (χ0) is 19.3. The minimum atomic E-state index is -0.0837. The summed E-state index contributed by atoms with van der Waals surface area (Å²) in [7, 11) is 0. The van der Waals surface area contributed by atoms with Crippen LogP contribution >= 0.6 is 0 Å². The van der Waals surface area contributed by atoms with Gasteiger partial charge in [0.25, 0.3) is 0 Å². The van der Waals surface area contributed by atoms with E-state index in [0.717, 1.165) is 16.8 Å². The number of fused-ring (bicyclic) bond motifs is 2. The Morgan fingerprint density at radius 3 is 2.64 bits per heavy atom. The van der Waals surface area contributed by atoms with Gasteiger partial charge >= 0.3 is 0 Å². The number of benzene rings is 2. The number of aromatic hydroxyl groups is 1. The fourth-order valence-corrected chi connectivity index (χ4v) is 3.57. The monoisotopic (exact) mass is 371 g/mol. The topological polar surface area (TPSA) is 79.4 Å². The molecule has 5 nitrogen and oxygen atoms in total. The number of furan rings is 1. The zero-order valence-corrected chi connectivity index (χ0v) is 15.2. The van der Waals surface area contributed by atoms with Gasteiger partial charge in [-0.15, -0.1) is 0 Å². The Kier molecular flexibility index (Phi) is 3.62. The van der Waals surface area contributed by atoms with Crippen LogP contribution in [0.4, 0.5) is 0 Å². The number of aromatic amines is 1. The predicted molar refractivity (Wildman–Crippen MR) is 108 cm³/mol. The van der Waals surface area contributed by atoms with Gasteiger partial charge in [0.15, 0.2) is 11.3 Å². The molecule has 28 heavy (non-hydrogen) atoms. The first-order valence-corrected chi connectivity index (χ1v) is 9.00. The lowest BCUT2D eigenvalue weighted by atomic mass is 10.1. The Morgan fingerprint density at radius 2 is 1.89 bits per heavy atom. The van der Waals surface area contributed by atoms with E-state index in [1.165, 1.54) is 0 Å². The summed E-state index contributed by atoms with van der Waals surface area (Å²) in [6, 6.07) is 16.2. The van der Waals surface area contributed by atoms with Gasteiger partial charge in [-0.05, 0) is 48.9 Å². The Hall–Kier alpha value is -3.73. The lowest BCUT2D eigenvalue weighted by Crippen LogP contribution is -2.02. The molecule has 0 unspecified atom stereocenters. The van der Waals surface area contributed by atoms with Gasteiger partial charge in [0, 0.05) is 6.42 Å². The third kappa shape index (κ3) is 2.60. The third-order valence-electron chi connectivity index (χ3n) is 4.93. The van der Waals surface area contributed by atoms with E-state index in [4.69, 9.17) is 8.83 Å². The first-order chi connectivity index (χ1) is 13.6. The Morgan fingerprint density at radius 1 is 1.07 bits per heavy atom. The molecule has 5 heteroatoms. The van der Waals surface area contributed by atoms with E-state index in [-0.39, 0.29) is 11.2 Å². The summed E-state index contributed by atoms with van der Waals surface area (Å²) in [5, 5.41) is 10.6. The second-order valence-electron chi connectivity index (χ2n) is 6.93. The minimum Gasteiger partial charge on any atom is -0.508 e. The Bertz CT molecular complexity index is 1360. The summed E-state index contributed by atoms with van der Waals surface area (Å²) in [5.74, 6) is 0.797. The molecule has 2 aromatic carbocycles. The molecule has 0 aliphatic carbocycles. The van der Waals surface area contributed by atoms with Crippen molar-refractivity contribution in [3.05, 3.63) is 87.9 Å². The van der Waals surface area contributed by atoms with E-state index < -0.39 is 0 Å². The van der Waals surface area contributed by atoms with Crippen molar-refractivity contribution in [1.29, 1.82) is 0 Å². The third-order valence-corrected chi connectivity index (χ3v) is 4.93. The van der Waals surface area contributed by atoms with Gasteiger partial charge < -0.3 is 18.9 Å². The highest BCUT2D eigenvalue weighted by Crippen LogP contribution is 2.32. The molecule has 3 heterocycles. The molecule has 0 atom stereocenters. The van der Waals surface area contributed by atoms with Crippen molar-refractivity contribution in [2.75, 3.05) is 0 Å². The van der Waals surface area contributed by atoms with Crippen LogP contribution in [0.2, 0.25) is 0 Å². The van der Waals surface area contributed by atoms with Crippen molar-refractivity contribution in [2.45, 2.75) is 13.3 Å². The maximum Gasteiger partial charge on any atom is 0.202 e. The molecule has 5 rings (SSSR count). The summed E-state index contributed by atoms with van der Waals surface area (Å²) in [5.41, 5.74) is 4.38. The van der Waals surface area contributed by atoms with Crippen molar-refractivity contribution in [3.63, 3.8) is 0 Å². The zero-order valence-electron chi connectivity index (χ0n) is 15.2. The van der Waals surface area contributed by atoms with Crippen LogP contribution in [0.3, 0.4) is 0 Å². The Balaban J connectivity index is 1.80. The number of H-pyrrole nitrogens is 1. The SMILES string of the molecule is Cc1ccc2oc3c(Cc4ccc(O)cc4)[nH]c(-c4ccco4)c3c(=O)c2c1. The van der Waals surface area contributed by atoms with Crippen molar-refractivity contribution < 1.29 is 13.9 Å². The normalized spacial score (nSPS) is 11.5. The first-order valence-electron chi connectivity index (χ1n) is 9.00. The summed E-state index contributed by atoms with van der Waals surface area (Å²) in [6.07, 6.45) is 2.10. The van der Waals surface area contributed by atoms with Gasteiger partial charge in [0.05, 0.1) is 28.4 Å². The second-order valence-corrected chi connectivity index (χ2v) is 6.93. The lowest BCUT2D eigenvalue weighted by Gasteiger charge is -2.03. The minimum absolute atomic E-state index is 0.0837. The molecule has 0 fully saturated rings. The molecular weight excluding hydrogens is 354 g/mol. The van der Waals surface area contributed by atoms with Gasteiger partial charge in [0.1, 0.15) is 11.3 Å². The van der Waals surface area contributed by atoms with Crippen LogP contribution in [0.15, 0.2) is 74.5 Å². The summed E-state index contributed by atoms with van der Waals surface area (Å²) in [6.45, 7) is 1.95. The van der Waals surface area contributed by atoms with Gasteiger partial charge in [-0.25, -0.2) is 0 Å². The Labute approximate surface area is 159 Å². The van der Waals surface area contributed by atoms with Crippen LogP contribution < -0.4 is 5.43 Å². The molecule has 2 N–H and O–H groups in total. The fourth-order valence-electron chi connectivity index (χ4n) is 3.57. The van der Waals surface area contributed by atoms with Crippen molar-refractivity contribution >= 4 is 21.9 Å². The number of aromatic nitrogens is 1. The fraction of sp³-hybridized carbons (Fsp3) is 0.0870. The number of aryl methyl sites for hydroxylation is 1.